The van der Waals surface area contributed by atoms with Crippen LogP contribution in [0.3, 0.4) is 0 Å². The lowest BCUT2D eigenvalue weighted by molar-refractivity contribution is -0.113. The molecule has 1 amide bonds. The van der Waals surface area contributed by atoms with Crippen LogP contribution in [0.5, 0.6) is 0 Å². The molecular weight excluding hydrogens is 539 g/mol. The van der Waals surface area contributed by atoms with Crippen LogP contribution < -0.4 is 5.32 Å². The minimum absolute atomic E-state index is 0.0133. The monoisotopic (exact) mass is 560 g/mol. The van der Waals surface area contributed by atoms with E-state index in [4.69, 9.17) is 27.6 Å². The van der Waals surface area contributed by atoms with Crippen LogP contribution in [0.15, 0.2) is 92.2 Å². The first-order valence-electron chi connectivity index (χ1n) is 10.9. The summed E-state index contributed by atoms with van der Waals surface area (Å²) >= 11 is 12.8. The first-order valence-corrected chi connectivity index (χ1v) is 14.2. The second kappa shape index (κ2) is 11.1. The zero-order valence-corrected chi connectivity index (χ0v) is 22.5. The van der Waals surface area contributed by atoms with Gasteiger partial charge in [-0.25, -0.2) is 8.42 Å². The summed E-state index contributed by atoms with van der Waals surface area (Å²) in [6.07, 6.45) is 0. The number of benzene rings is 3. The Hall–Kier alpha value is -2.78. The maximum atomic E-state index is 13.4. The maximum Gasteiger partial charge on any atom is 0.234 e. The summed E-state index contributed by atoms with van der Waals surface area (Å²) in [5, 5.41) is 3.49. The fraction of sp³-hybridized carbons (Fsp3) is 0.154. The summed E-state index contributed by atoms with van der Waals surface area (Å²) in [5.41, 5.74) is 2.36. The van der Waals surface area contributed by atoms with Crippen molar-refractivity contribution in [3.05, 3.63) is 88.4 Å². The molecule has 0 atom stereocenters. The highest BCUT2D eigenvalue weighted by molar-refractivity contribution is 8.00. The third kappa shape index (κ3) is 6.13. The van der Waals surface area contributed by atoms with E-state index in [2.05, 4.69) is 24.1 Å². The number of rotatable bonds is 8. The third-order valence-electron chi connectivity index (χ3n) is 5.23. The first-order chi connectivity index (χ1) is 17.1. The Balaban J connectivity index is 1.60. The molecule has 0 aliphatic carbocycles. The molecule has 1 aromatic heterocycles. The van der Waals surface area contributed by atoms with E-state index in [0.717, 1.165) is 17.3 Å². The average molecular weight is 562 g/mol. The molecule has 3 aromatic carbocycles. The number of halogens is 2. The number of hydrogen-bond acceptors (Lipinski definition) is 6. The molecule has 0 spiro atoms. The second-order valence-electron chi connectivity index (χ2n) is 8.19. The zero-order valence-electron chi connectivity index (χ0n) is 19.4. The summed E-state index contributed by atoms with van der Waals surface area (Å²) < 4.78 is 32.6. The lowest BCUT2D eigenvalue weighted by atomic mass is 10.0. The molecule has 0 unspecified atom stereocenters. The summed E-state index contributed by atoms with van der Waals surface area (Å²) in [7, 11) is -4.04. The van der Waals surface area contributed by atoms with Crippen LogP contribution in [0, 0.1) is 0 Å². The van der Waals surface area contributed by atoms with Gasteiger partial charge in [-0.2, -0.15) is 4.98 Å². The van der Waals surface area contributed by atoms with Crippen molar-refractivity contribution in [1.82, 2.24) is 4.98 Å². The number of carbonyl (C=O) groups excluding carboxylic acids is 1. The van der Waals surface area contributed by atoms with Gasteiger partial charge in [-0.1, -0.05) is 60.9 Å². The molecule has 0 saturated heterocycles. The molecule has 4 aromatic rings. The molecule has 0 fully saturated rings. The van der Waals surface area contributed by atoms with Crippen molar-refractivity contribution in [2.45, 2.75) is 34.8 Å². The van der Waals surface area contributed by atoms with Crippen molar-refractivity contribution in [3.8, 4) is 11.5 Å². The first kappa shape index (κ1) is 26.3. The van der Waals surface area contributed by atoms with Gasteiger partial charge in [0.25, 0.3) is 0 Å². The smallest absolute Gasteiger partial charge is 0.234 e. The van der Waals surface area contributed by atoms with E-state index >= 15 is 0 Å². The van der Waals surface area contributed by atoms with Gasteiger partial charge in [0.05, 0.1) is 10.6 Å². The van der Waals surface area contributed by atoms with Gasteiger partial charge in [-0.15, -0.1) is 0 Å². The highest BCUT2D eigenvalue weighted by atomic mass is 35.5. The fourth-order valence-corrected chi connectivity index (χ4v) is 5.86. The van der Waals surface area contributed by atoms with Crippen LogP contribution in [0.25, 0.3) is 11.5 Å². The summed E-state index contributed by atoms with van der Waals surface area (Å²) in [6.45, 7) is 4.19. The van der Waals surface area contributed by atoms with Crippen molar-refractivity contribution in [3.63, 3.8) is 0 Å². The standard InChI is InChI=1S/C26H22Cl2N2O4S2/c1-16(2)17-5-11-21(12-6-17)29-23(31)15-35-26-25(36(32,33)22-13-9-20(28)10-14-22)30-24(34-26)18-3-7-19(27)8-4-18/h3-14,16H,15H2,1-2H3,(H,29,31). The quantitative estimate of drug-likeness (QED) is 0.227. The molecule has 0 radical (unpaired) electrons. The number of amides is 1. The van der Waals surface area contributed by atoms with Crippen molar-refractivity contribution < 1.29 is 17.6 Å². The molecule has 10 heteroatoms. The molecule has 186 valence electrons. The van der Waals surface area contributed by atoms with Gasteiger partial charge in [0, 0.05) is 21.3 Å². The molecule has 0 bridgehead atoms. The van der Waals surface area contributed by atoms with E-state index in [9.17, 15) is 13.2 Å². The highest BCUT2D eigenvalue weighted by Gasteiger charge is 2.29. The van der Waals surface area contributed by atoms with Crippen LogP contribution in [-0.2, 0) is 14.6 Å². The molecule has 0 aliphatic rings. The van der Waals surface area contributed by atoms with Gasteiger partial charge in [0.2, 0.25) is 31.8 Å². The maximum absolute atomic E-state index is 13.4. The van der Waals surface area contributed by atoms with Gasteiger partial charge in [-0.3, -0.25) is 4.79 Å². The topological polar surface area (TPSA) is 89.3 Å². The van der Waals surface area contributed by atoms with Gasteiger partial charge in [0.15, 0.2) is 0 Å². The van der Waals surface area contributed by atoms with E-state index in [0.29, 0.717) is 27.2 Å². The van der Waals surface area contributed by atoms with Crippen LogP contribution in [0.1, 0.15) is 25.3 Å². The van der Waals surface area contributed by atoms with Crippen LogP contribution in [-0.4, -0.2) is 25.1 Å². The molecule has 1 heterocycles. The Morgan fingerprint density at radius 1 is 0.944 bits per heavy atom. The van der Waals surface area contributed by atoms with Crippen molar-refractivity contribution in [1.29, 1.82) is 0 Å². The number of nitrogens with zero attached hydrogens (tertiary/aromatic N) is 1. The van der Waals surface area contributed by atoms with Crippen LogP contribution >= 0.6 is 35.0 Å². The number of sulfone groups is 1. The Morgan fingerprint density at radius 3 is 2.11 bits per heavy atom. The lowest BCUT2D eigenvalue weighted by Crippen LogP contribution is -2.14. The Labute approximate surface area is 224 Å². The van der Waals surface area contributed by atoms with E-state index in [1.165, 1.54) is 24.3 Å². The number of nitrogens with one attached hydrogen (secondary N) is 1. The summed E-state index contributed by atoms with van der Waals surface area (Å²) in [6, 6.07) is 20.0. The van der Waals surface area contributed by atoms with E-state index < -0.39 is 9.84 Å². The van der Waals surface area contributed by atoms with Gasteiger partial charge in [-0.05, 0) is 72.1 Å². The van der Waals surface area contributed by atoms with Crippen molar-refractivity contribution >= 4 is 56.4 Å². The molecule has 0 saturated carbocycles. The molecule has 4 rings (SSSR count). The number of hydrogen-bond donors (Lipinski definition) is 1. The normalized spacial score (nSPS) is 11.6. The Morgan fingerprint density at radius 2 is 1.53 bits per heavy atom. The van der Waals surface area contributed by atoms with Crippen molar-refractivity contribution in [2.24, 2.45) is 0 Å². The average Bonchev–Trinajstić information content (AvgIpc) is 3.29. The summed E-state index contributed by atoms with van der Waals surface area (Å²) in [5.74, 6) is 0.0974. The molecule has 36 heavy (non-hydrogen) atoms. The van der Waals surface area contributed by atoms with E-state index in [1.807, 2.05) is 24.3 Å². The highest BCUT2D eigenvalue weighted by Crippen LogP contribution is 2.35. The minimum atomic E-state index is -4.04. The SMILES string of the molecule is CC(C)c1ccc(NC(=O)CSc2oc(-c3ccc(Cl)cc3)nc2S(=O)(=O)c2ccc(Cl)cc2)cc1. The van der Waals surface area contributed by atoms with E-state index in [-0.39, 0.29) is 32.6 Å². The largest absolute Gasteiger partial charge is 0.428 e. The number of oxazole rings is 1. The molecule has 1 N–H and O–H groups in total. The molecular formula is C26H22Cl2N2O4S2. The number of carbonyl (C=O) groups is 1. The number of anilines is 1. The van der Waals surface area contributed by atoms with E-state index in [1.54, 1.807) is 24.3 Å². The third-order valence-corrected chi connectivity index (χ3v) is 8.49. The predicted octanol–water partition coefficient (Wildman–Crippen LogP) is 7.34. The summed E-state index contributed by atoms with van der Waals surface area (Å²) in [4.78, 5) is 16.9. The lowest BCUT2D eigenvalue weighted by Gasteiger charge is -2.08. The fourth-order valence-electron chi connectivity index (χ4n) is 3.27. The number of thioether (sulfide) groups is 1. The minimum Gasteiger partial charge on any atom is -0.428 e. The van der Waals surface area contributed by atoms with Gasteiger partial charge >= 0.3 is 0 Å². The second-order valence-corrected chi connectivity index (χ2v) is 11.9. The van der Waals surface area contributed by atoms with Gasteiger partial charge in [0.1, 0.15) is 0 Å². The van der Waals surface area contributed by atoms with Crippen molar-refractivity contribution in [2.75, 3.05) is 11.1 Å². The molecule has 0 aliphatic heterocycles. The van der Waals surface area contributed by atoms with Crippen LogP contribution in [0.4, 0.5) is 5.69 Å². The van der Waals surface area contributed by atoms with Gasteiger partial charge < -0.3 is 9.73 Å². The Kier molecular flexibility index (Phi) is 8.10. The predicted molar refractivity (Wildman–Crippen MR) is 144 cm³/mol. The van der Waals surface area contributed by atoms with Crippen LogP contribution in [0.2, 0.25) is 10.0 Å². The number of aromatic nitrogens is 1. The Bertz CT molecular complexity index is 1470. The zero-order chi connectivity index (χ0) is 25.9. The molecule has 6 nitrogen and oxygen atoms in total.